The van der Waals surface area contributed by atoms with Crippen LogP contribution in [0.1, 0.15) is 53.9 Å². The zero-order chi connectivity index (χ0) is 15.2. The van der Waals surface area contributed by atoms with Crippen molar-refractivity contribution >= 4 is 0 Å². The molecule has 0 bridgehead atoms. The Morgan fingerprint density at radius 3 is 2.30 bits per heavy atom. The number of piperidine rings is 1. The highest BCUT2D eigenvalue weighted by molar-refractivity contribution is 4.84. The van der Waals surface area contributed by atoms with Gasteiger partial charge in [0, 0.05) is 19.1 Å². The van der Waals surface area contributed by atoms with Crippen molar-refractivity contribution in [2.24, 2.45) is 17.1 Å². The van der Waals surface area contributed by atoms with Gasteiger partial charge in [-0.15, -0.1) is 0 Å². The number of hydrogen-bond donors (Lipinski definition) is 1. The summed E-state index contributed by atoms with van der Waals surface area (Å²) < 4.78 is 0. The van der Waals surface area contributed by atoms with Gasteiger partial charge in [0.1, 0.15) is 0 Å². The van der Waals surface area contributed by atoms with Gasteiger partial charge in [-0.05, 0) is 56.8 Å². The summed E-state index contributed by atoms with van der Waals surface area (Å²) in [6.07, 6.45) is 3.90. The van der Waals surface area contributed by atoms with Gasteiger partial charge in [0.2, 0.25) is 0 Å². The number of hydrogen-bond acceptors (Lipinski definition) is 3. The van der Waals surface area contributed by atoms with E-state index in [4.69, 9.17) is 5.73 Å². The molecule has 0 aromatic carbocycles. The van der Waals surface area contributed by atoms with Crippen molar-refractivity contribution < 1.29 is 0 Å². The maximum atomic E-state index is 5.92. The van der Waals surface area contributed by atoms with Crippen molar-refractivity contribution in [3.63, 3.8) is 0 Å². The molecule has 0 aromatic rings. The van der Waals surface area contributed by atoms with Gasteiger partial charge in [-0.1, -0.05) is 34.6 Å². The third kappa shape index (κ3) is 6.11. The molecular weight excluding hydrogens is 246 g/mol. The van der Waals surface area contributed by atoms with Gasteiger partial charge in [0.15, 0.2) is 0 Å². The van der Waals surface area contributed by atoms with Crippen LogP contribution in [0.4, 0.5) is 0 Å². The van der Waals surface area contributed by atoms with Gasteiger partial charge in [0.25, 0.3) is 0 Å². The quantitative estimate of drug-likeness (QED) is 0.743. The highest BCUT2D eigenvalue weighted by Gasteiger charge is 2.28. The minimum Gasteiger partial charge on any atom is -0.330 e. The van der Waals surface area contributed by atoms with E-state index in [1.807, 2.05) is 0 Å². The molecule has 1 heterocycles. The highest BCUT2D eigenvalue weighted by atomic mass is 15.2. The van der Waals surface area contributed by atoms with Crippen LogP contribution in [0.15, 0.2) is 0 Å². The summed E-state index contributed by atoms with van der Waals surface area (Å²) in [6, 6.07) is 0.768. The van der Waals surface area contributed by atoms with E-state index >= 15 is 0 Å². The van der Waals surface area contributed by atoms with Crippen LogP contribution in [0.2, 0.25) is 0 Å². The molecule has 1 aliphatic heterocycles. The fourth-order valence-electron chi connectivity index (χ4n) is 3.28. The van der Waals surface area contributed by atoms with E-state index in [9.17, 15) is 0 Å². The van der Waals surface area contributed by atoms with E-state index < -0.39 is 0 Å². The Bertz CT molecular complexity index is 255. The second-order valence-electron chi connectivity index (χ2n) is 7.76. The molecule has 1 rings (SSSR count). The van der Waals surface area contributed by atoms with E-state index in [1.165, 1.54) is 45.4 Å². The molecule has 3 heteroatoms. The second-order valence-corrected chi connectivity index (χ2v) is 7.76. The first-order chi connectivity index (χ1) is 9.38. The summed E-state index contributed by atoms with van der Waals surface area (Å²) >= 11 is 0. The monoisotopic (exact) mass is 283 g/mol. The molecule has 120 valence electrons. The lowest BCUT2D eigenvalue weighted by Gasteiger charge is -2.42. The average molecular weight is 284 g/mol. The zero-order valence-corrected chi connectivity index (χ0v) is 14.5. The first kappa shape index (κ1) is 17.9. The van der Waals surface area contributed by atoms with Crippen molar-refractivity contribution in [2.75, 3.05) is 39.3 Å². The van der Waals surface area contributed by atoms with Crippen molar-refractivity contribution in [3.05, 3.63) is 0 Å². The summed E-state index contributed by atoms with van der Waals surface area (Å²) in [4.78, 5) is 5.35. The van der Waals surface area contributed by atoms with Crippen molar-refractivity contribution in [2.45, 2.75) is 59.9 Å². The Kier molecular flexibility index (Phi) is 7.49. The Labute approximate surface area is 126 Å². The lowest BCUT2D eigenvalue weighted by molar-refractivity contribution is 0.0741. The summed E-state index contributed by atoms with van der Waals surface area (Å²) in [5.41, 5.74) is 6.16. The third-order valence-electron chi connectivity index (χ3n) is 4.39. The Morgan fingerprint density at radius 2 is 1.85 bits per heavy atom. The van der Waals surface area contributed by atoms with Crippen LogP contribution in [0.3, 0.4) is 0 Å². The molecule has 20 heavy (non-hydrogen) atoms. The molecule has 3 nitrogen and oxygen atoms in total. The van der Waals surface area contributed by atoms with Crippen LogP contribution < -0.4 is 5.73 Å². The van der Waals surface area contributed by atoms with Crippen LogP contribution in [0, 0.1) is 11.3 Å². The standard InChI is InChI=1S/C17H37N3/c1-6-9-20(14-17(4,5)13-18)16-7-10-19(11-8-16)12-15(2)3/h15-16H,6-14,18H2,1-5H3. The number of nitrogens with two attached hydrogens (primary N) is 1. The van der Waals surface area contributed by atoms with Gasteiger partial charge in [-0.3, -0.25) is 4.90 Å². The molecule has 1 fully saturated rings. The fourth-order valence-corrected chi connectivity index (χ4v) is 3.28. The topological polar surface area (TPSA) is 32.5 Å². The van der Waals surface area contributed by atoms with Crippen LogP contribution in [0.5, 0.6) is 0 Å². The van der Waals surface area contributed by atoms with E-state index in [2.05, 4.69) is 44.4 Å². The van der Waals surface area contributed by atoms with Crippen LogP contribution in [-0.2, 0) is 0 Å². The Morgan fingerprint density at radius 1 is 1.25 bits per heavy atom. The average Bonchev–Trinajstić information content (AvgIpc) is 2.38. The number of nitrogens with zero attached hydrogens (tertiary/aromatic N) is 2. The Balaban J connectivity index is 2.49. The minimum atomic E-state index is 0.240. The van der Waals surface area contributed by atoms with Crippen molar-refractivity contribution in [3.8, 4) is 0 Å². The molecule has 2 N–H and O–H groups in total. The normalized spacial score (nSPS) is 19.2. The smallest absolute Gasteiger partial charge is 0.0120 e. The molecular formula is C17H37N3. The lowest BCUT2D eigenvalue weighted by Crippen LogP contribution is -2.49. The Hall–Kier alpha value is -0.120. The molecule has 1 saturated heterocycles. The van der Waals surface area contributed by atoms with Crippen LogP contribution >= 0.6 is 0 Å². The van der Waals surface area contributed by atoms with Gasteiger partial charge in [-0.25, -0.2) is 0 Å². The maximum absolute atomic E-state index is 5.92. The second kappa shape index (κ2) is 8.35. The summed E-state index contributed by atoms with van der Waals surface area (Å²) in [7, 11) is 0. The molecule has 0 spiro atoms. The minimum absolute atomic E-state index is 0.240. The fraction of sp³-hybridized carbons (Fsp3) is 1.00. The summed E-state index contributed by atoms with van der Waals surface area (Å²) in [5, 5.41) is 0. The molecule has 0 radical (unpaired) electrons. The third-order valence-corrected chi connectivity index (χ3v) is 4.39. The zero-order valence-electron chi connectivity index (χ0n) is 14.5. The molecule has 0 saturated carbocycles. The maximum Gasteiger partial charge on any atom is 0.0120 e. The molecule has 0 atom stereocenters. The van der Waals surface area contributed by atoms with E-state index in [-0.39, 0.29) is 5.41 Å². The van der Waals surface area contributed by atoms with Crippen LogP contribution in [0.25, 0.3) is 0 Å². The van der Waals surface area contributed by atoms with E-state index in [0.717, 1.165) is 25.0 Å². The first-order valence-electron chi connectivity index (χ1n) is 8.54. The highest BCUT2D eigenvalue weighted by Crippen LogP contribution is 2.23. The van der Waals surface area contributed by atoms with Gasteiger partial charge >= 0.3 is 0 Å². The predicted molar refractivity (Wildman–Crippen MR) is 89.0 cm³/mol. The van der Waals surface area contributed by atoms with E-state index in [1.54, 1.807) is 0 Å². The van der Waals surface area contributed by atoms with Gasteiger partial charge < -0.3 is 10.6 Å². The SMILES string of the molecule is CCCN(CC(C)(C)CN)C1CCN(CC(C)C)CC1. The number of rotatable bonds is 8. The summed E-state index contributed by atoms with van der Waals surface area (Å²) in [6.45, 7) is 18.5. The van der Waals surface area contributed by atoms with Crippen LogP contribution in [-0.4, -0.2) is 55.1 Å². The molecule has 0 aliphatic carbocycles. The summed E-state index contributed by atoms with van der Waals surface area (Å²) in [5.74, 6) is 0.787. The molecule has 0 amide bonds. The van der Waals surface area contributed by atoms with Crippen molar-refractivity contribution in [1.82, 2.24) is 9.80 Å². The molecule has 1 aliphatic rings. The lowest BCUT2D eigenvalue weighted by atomic mass is 9.91. The largest absolute Gasteiger partial charge is 0.330 e. The predicted octanol–water partition coefficient (Wildman–Crippen LogP) is 2.80. The first-order valence-corrected chi connectivity index (χ1v) is 8.54. The molecule has 0 unspecified atom stereocenters. The number of likely N-dealkylation sites (tertiary alicyclic amines) is 1. The van der Waals surface area contributed by atoms with E-state index in [0.29, 0.717) is 0 Å². The molecule has 0 aromatic heterocycles. The van der Waals surface area contributed by atoms with Crippen molar-refractivity contribution in [1.29, 1.82) is 0 Å². The van der Waals surface area contributed by atoms with Gasteiger partial charge in [0.05, 0.1) is 0 Å². The van der Waals surface area contributed by atoms with Gasteiger partial charge in [-0.2, -0.15) is 0 Å².